The van der Waals surface area contributed by atoms with Gasteiger partial charge in [0.1, 0.15) is 27.3 Å². The van der Waals surface area contributed by atoms with Gasteiger partial charge in [-0.1, -0.05) is 12.1 Å². The number of Topliss-reactive ketones (excluding diaryl/α,β-unsaturated/α-hetero) is 1. The number of ether oxygens (including phenoxy) is 4. The van der Waals surface area contributed by atoms with Crippen molar-refractivity contribution in [1.82, 2.24) is 0 Å². The normalized spacial score (nSPS) is 14.5. The van der Waals surface area contributed by atoms with E-state index in [1.165, 1.54) is 0 Å². The average Bonchev–Trinajstić information content (AvgIpc) is 2.96. The summed E-state index contributed by atoms with van der Waals surface area (Å²) in [5, 5.41) is 0. The van der Waals surface area contributed by atoms with Gasteiger partial charge in [0, 0.05) is 6.07 Å². The molecule has 0 saturated heterocycles. The molecular formula is C24H27BrO5. The highest BCUT2D eigenvalue weighted by molar-refractivity contribution is 9.10. The lowest BCUT2D eigenvalue weighted by Crippen LogP contribution is -2.11. The minimum absolute atomic E-state index is 0.0371. The van der Waals surface area contributed by atoms with E-state index < -0.39 is 0 Å². The second-order valence-corrected chi connectivity index (χ2v) is 8.69. The molecule has 0 atom stereocenters. The predicted octanol–water partition coefficient (Wildman–Crippen LogP) is 6.43. The van der Waals surface area contributed by atoms with Crippen molar-refractivity contribution in [3.8, 4) is 23.0 Å². The third kappa shape index (κ3) is 4.98. The van der Waals surface area contributed by atoms with Crippen molar-refractivity contribution in [3.05, 3.63) is 51.7 Å². The zero-order valence-corrected chi connectivity index (χ0v) is 19.7. The van der Waals surface area contributed by atoms with Gasteiger partial charge in [0.2, 0.25) is 5.78 Å². The first-order chi connectivity index (χ1) is 14.2. The van der Waals surface area contributed by atoms with Gasteiger partial charge in [0.25, 0.3) is 0 Å². The molecule has 0 spiro atoms. The van der Waals surface area contributed by atoms with E-state index in [2.05, 4.69) is 15.9 Å². The Morgan fingerprint density at radius 1 is 0.867 bits per heavy atom. The molecule has 0 unspecified atom stereocenters. The Labute approximate surface area is 186 Å². The number of carbonyl (C=O) groups is 1. The minimum atomic E-state index is -0.222. The maximum Gasteiger partial charge on any atom is 0.235 e. The third-order valence-electron chi connectivity index (χ3n) is 4.09. The van der Waals surface area contributed by atoms with Gasteiger partial charge in [-0.2, -0.15) is 0 Å². The van der Waals surface area contributed by atoms with Crippen LogP contribution >= 0.6 is 15.9 Å². The number of rotatable bonds is 7. The standard InChI is InChI=1S/C24H27BrO5/c1-13(2)27-17-9-7-16(8-10-17)11-20-23(26)21-18(28-14(3)4)12-19(29-15(5)6)22(25)24(21)30-20/h7-15H,1-6H3/b20-11-. The lowest BCUT2D eigenvalue weighted by molar-refractivity contribution is 0.101. The van der Waals surface area contributed by atoms with Crippen LogP contribution in [0.5, 0.6) is 23.0 Å². The van der Waals surface area contributed by atoms with E-state index in [0.717, 1.165) is 11.3 Å². The predicted molar refractivity (Wildman–Crippen MR) is 121 cm³/mol. The lowest BCUT2D eigenvalue weighted by Gasteiger charge is -2.17. The van der Waals surface area contributed by atoms with Crippen LogP contribution < -0.4 is 18.9 Å². The van der Waals surface area contributed by atoms with Gasteiger partial charge in [0.05, 0.1) is 18.3 Å². The molecule has 0 radical (unpaired) electrons. The van der Waals surface area contributed by atoms with E-state index >= 15 is 0 Å². The van der Waals surface area contributed by atoms with Crippen LogP contribution in [0, 0.1) is 0 Å². The molecule has 1 heterocycles. The van der Waals surface area contributed by atoms with Crippen LogP contribution in [-0.2, 0) is 0 Å². The maximum absolute atomic E-state index is 13.1. The summed E-state index contributed by atoms with van der Waals surface area (Å²) in [6.07, 6.45) is 1.68. The monoisotopic (exact) mass is 474 g/mol. The maximum atomic E-state index is 13.1. The molecule has 0 bridgehead atoms. The lowest BCUT2D eigenvalue weighted by atomic mass is 10.1. The Balaban J connectivity index is 1.97. The molecule has 6 heteroatoms. The van der Waals surface area contributed by atoms with Crippen molar-refractivity contribution in [3.63, 3.8) is 0 Å². The molecule has 0 aliphatic carbocycles. The number of fused-ring (bicyclic) bond motifs is 1. The SMILES string of the molecule is CC(C)Oc1ccc(/C=C2\Oc3c(Br)c(OC(C)C)cc(OC(C)C)c3C2=O)cc1. The molecule has 30 heavy (non-hydrogen) atoms. The van der Waals surface area contributed by atoms with E-state index in [4.69, 9.17) is 18.9 Å². The summed E-state index contributed by atoms with van der Waals surface area (Å²) in [6.45, 7) is 11.7. The first-order valence-electron chi connectivity index (χ1n) is 10.1. The van der Waals surface area contributed by atoms with Gasteiger partial charge in [-0.3, -0.25) is 4.79 Å². The summed E-state index contributed by atoms with van der Waals surface area (Å²) >= 11 is 3.53. The number of carbonyl (C=O) groups excluding carboxylic acids is 1. The summed E-state index contributed by atoms with van der Waals surface area (Å²) in [6, 6.07) is 9.26. The van der Waals surface area contributed by atoms with Gasteiger partial charge < -0.3 is 18.9 Å². The van der Waals surface area contributed by atoms with Crippen molar-refractivity contribution in [2.24, 2.45) is 0 Å². The second kappa shape index (κ2) is 9.13. The van der Waals surface area contributed by atoms with Gasteiger partial charge in [0.15, 0.2) is 11.5 Å². The van der Waals surface area contributed by atoms with Crippen molar-refractivity contribution < 1.29 is 23.7 Å². The number of benzene rings is 2. The fourth-order valence-corrected chi connectivity index (χ4v) is 3.51. The third-order valence-corrected chi connectivity index (χ3v) is 4.84. The fraction of sp³-hybridized carbons (Fsp3) is 0.375. The van der Waals surface area contributed by atoms with Crippen LogP contribution in [0.4, 0.5) is 0 Å². The highest BCUT2D eigenvalue weighted by Gasteiger charge is 2.35. The summed E-state index contributed by atoms with van der Waals surface area (Å²) in [5.74, 6) is 2.23. The van der Waals surface area contributed by atoms with E-state index in [1.807, 2.05) is 65.8 Å². The number of hydrogen-bond acceptors (Lipinski definition) is 5. The highest BCUT2D eigenvalue weighted by atomic mass is 79.9. The molecular weight excluding hydrogens is 448 g/mol. The van der Waals surface area contributed by atoms with Crippen molar-refractivity contribution in [2.45, 2.75) is 59.9 Å². The van der Waals surface area contributed by atoms with Crippen LogP contribution in [0.2, 0.25) is 0 Å². The Hall–Kier alpha value is -2.47. The Morgan fingerprint density at radius 2 is 1.43 bits per heavy atom. The Kier molecular flexibility index (Phi) is 6.76. The smallest absolute Gasteiger partial charge is 0.235 e. The Bertz CT molecular complexity index is 959. The van der Waals surface area contributed by atoms with Crippen LogP contribution in [0.1, 0.15) is 57.5 Å². The van der Waals surface area contributed by atoms with Crippen molar-refractivity contribution >= 4 is 27.8 Å². The number of halogens is 1. The summed E-state index contributed by atoms with van der Waals surface area (Å²) in [5.41, 5.74) is 1.24. The number of allylic oxidation sites excluding steroid dienone is 1. The average molecular weight is 475 g/mol. The summed E-state index contributed by atoms with van der Waals surface area (Å²) in [4.78, 5) is 13.1. The first-order valence-corrected chi connectivity index (χ1v) is 10.9. The van der Waals surface area contributed by atoms with Gasteiger partial charge in [-0.05, 0) is 81.2 Å². The molecule has 1 aliphatic rings. The molecule has 0 N–H and O–H groups in total. The van der Waals surface area contributed by atoms with E-state index in [9.17, 15) is 4.79 Å². The second-order valence-electron chi connectivity index (χ2n) is 7.90. The topological polar surface area (TPSA) is 54.0 Å². The number of hydrogen-bond donors (Lipinski definition) is 0. The van der Waals surface area contributed by atoms with Crippen LogP contribution in [-0.4, -0.2) is 24.1 Å². The molecule has 3 rings (SSSR count). The van der Waals surface area contributed by atoms with Gasteiger partial charge in [-0.15, -0.1) is 0 Å². The van der Waals surface area contributed by atoms with Crippen molar-refractivity contribution in [1.29, 1.82) is 0 Å². The van der Waals surface area contributed by atoms with Gasteiger partial charge >= 0.3 is 0 Å². The van der Waals surface area contributed by atoms with Crippen LogP contribution in [0.25, 0.3) is 6.08 Å². The molecule has 0 aromatic heterocycles. The minimum Gasteiger partial charge on any atom is -0.491 e. The van der Waals surface area contributed by atoms with Gasteiger partial charge in [-0.25, -0.2) is 0 Å². The molecule has 0 fully saturated rings. The fourth-order valence-electron chi connectivity index (χ4n) is 3.03. The van der Waals surface area contributed by atoms with Crippen LogP contribution in [0.15, 0.2) is 40.6 Å². The van der Waals surface area contributed by atoms with E-state index in [0.29, 0.717) is 27.3 Å². The largest absolute Gasteiger partial charge is 0.491 e. The van der Waals surface area contributed by atoms with E-state index in [-0.39, 0.29) is 29.9 Å². The Morgan fingerprint density at radius 3 is 2.00 bits per heavy atom. The molecule has 2 aromatic rings. The quantitative estimate of drug-likeness (QED) is 0.432. The molecule has 160 valence electrons. The van der Waals surface area contributed by atoms with Crippen LogP contribution in [0.3, 0.4) is 0 Å². The molecule has 0 amide bonds. The molecule has 5 nitrogen and oxygen atoms in total. The zero-order valence-electron chi connectivity index (χ0n) is 18.1. The summed E-state index contributed by atoms with van der Waals surface area (Å²) in [7, 11) is 0. The van der Waals surface area contributed by atoms with E-state index in [1.54, 1.807) is 12.1 Å². The van der Waals surface area contributed by atoms with Crippen molar-refractivity contribution in [2.75, 3.05) is 0 Å². The first kappa shape index (κ1) is 22.2. The summed E-state index contributed by atoms with van der Waals surface area (Å²) < 4.78 is 24.0. The molecule has 0 saturated carbocycles. The number of ketones is 1. The zero-order chi connectivity index (χ0) is 22.0. The molecule has 1 aliphatic heterocycles. The highest BCUT2D eigenvalue weighted by Crippen LogP contribution is 2.48. The molecule has 2 aromatic carbocycles.